The van der Waals surface area contributed by atoms with Crippen molar-refractivity contribution >= 4 is 17.3 Å². The molecule has 0 unspecified atom stereocenters. The van der Waals surface area contributed by atoms with Gasteiger partial charge in [0, 0.05) is 16.3 Å². The molecule has 0 saturated heterocycles. The molecule has 0 aliphatic rings. The third-order valence-electron chi connectivity index (χ3n) is 4.83. The predicted octanol–water partition coefficient (Wildman–Crippen LogP) is 6.54. The second-order valence-electron chi connectivity index (χ2n) is 6.89. The first kappa shape index (κ1) is 18.2. The van der Waals surface area contributed by atoms with Crippen LogP contribution in [0.5, 0.6) is 0 Å². The van der Waals surface area contributed by atoms with E-state index in [1.165, 1.54) is 11.1 Å². The Balaban J connectivity index is 1.92. The van der Waals surface area contributed by atoms with Gasteiger partial charge in [-0.15, -0.1) is 0 Å². The highest BCUT2D eigenvalue weighted by molar-refractivity contribution is 6.33. The van der Waals surface area contributed by atoms with Crippen molar-refractivity contribution in [2.75, 3.05) is 0 Å². The van der Waals surface area contributed by atoms with E-state index in [1.807, 2.05) is 16.8 Å². The predicted molar refractivity (Wildman–Crippen MR) is 108 cm³/mol. The Kier molecular flexibility index (Phi) is 5.15. The van der Waals surface area contributed by atoms with Crippen LogP contribution in [0.25, 0.3) is 16.1 Å². The van der Waals surface area contributed by atoms with Gasteiger partial charge in [-0.05, 0) is 42.5 Å². The maximum atomic E-state index is 7.13. The van der Waals surface area contributed by atoms with Crippen molar-refractivity contribution in [1.29, 1.82) is 0 Å². The molecule has 1 heterocycles. The lowest BCUT2D eigenvalue weighted by molar-refractivity contribution is 0.666. The number of halogens is 1. The molecule has 0 aliphatic carbocycles. The zero-order chi connectivity index (χ0) is 18.8. The Morgan fingerprint density at radius 2 is 1.81 bits per heavy atom. The number of aromatic nitrogens is 2. The number of rotatable bonds is 4. The van der Waals surface area contributed by atoms with E-state index >= 15 is 0 Å². The van der Waals surface area contributed by atoms with E-state index in [9.17, 15) is 0 Å². The highest BCUT2D eigenvalue weighted by atomic mass is 35.5. The van der Waals surface area contributed by atoms with Crippen LogP contribution in [0, 0.1) is 20.4 Å². The van der Waals surface area contributed by atoms with E-state index < -0.39 is 0 Å². The highest BCUT2D eigenvalue weighted by Crippen LogP contribution is 2.32. The minimum Gasteiger partial charge on any atom is -0.265 e. The summed E-state index contributed by atoms with van der Waals surface area (Å²) in [6.45, 7) is 16.4. The van der Waals surface area contributed by atoms with Crippen molar-refractivity contribution in [2.45, 2.75) is 40.2 Å². The Morgan fingerprint density at radius 3 is 2.38 bits per heavy atom. The summed E-state index contributed by atoms with van der Waals surface area (Å²) in [4.78, 5) is 3.42. The molecule has 0 radical (unpaired) electrons. The second kappa shape index (κ2) is 7.35. The molecule has 3 aromatic rings. The Hall–Kier alpha value is -2.57. The highest BCUT2D eigenvalue weighted by Gasteiger charge is 2.14. The third kappa shape index (κ3) is 3.52. The Labute approximate surface area is 160 Å². The molecule has 132 valence electrons. The van der Waals surface area contributed by atoms with Crippen molar-refractivity contribution in [1.82, 2.24) is 9.78 Å². The molecular weight excluding hydrogens is 342 g/mol. The van der Waals surface area contributed by atoms with Gasteiger partial charge in [-0.1, -0.05) is 61.8 Å². The smallest absolute Gasteiger partial charge is 0.205 e. The fourth-order valence-electron chi connectivity index (χ4n) is 2.99. The van der Waals surface area contributed by atoms with Gasteiger partial charge < -0.3 is 0 Å². The van der Waals surface area contributed by atoms with Crippen molar-refractivity contribution in [3.05, 3.63) is 81.3 Å². The minimum atomic E-state index is 0.466. The van der Waals surface area contributed by atoms with Gasteiger partial charge in [-0.25, -0.2) is 4.85 Å². The average Bonchev–Trinajstić information content (AvgIpc) is 2.90. The second-order valence-corrected chi connectivity index (χ2v) is 7.30. The molecule has 0 amide bonds. The molecular formula is C22H22ClN3. The van der Waals surface area contributed by atoms with E-state index in [-0.39, 0.29) is 0 Å². The Bertz CT molecular complexity index is 976. The largest absolute Gasteiger partial charge is 0.265 e. The van der Waals surface area contributed by atoms with E-state index in [4.69, 9.17) is 23.3 Å². The van der Waals surface area contributed by atoms with Gasteiger partial charge in [0.25, 0.3) is 0 Å². The lowest BCUT2D eigenvalue weighted by Gasteiger charge is -2.08. The molecule has 0 saturated carbocycles. The van der Waals surface area contributed by atoms with Crippen LogP contribution in [0.1, 0.15) is 42.1 Å². The summed E-state index contributed by atoms with van der Waals surface area (Å²) in [5, 5.41) is 5.28. The molecule has 0 bridgehead atoms. The fraction of sp³-hybridized carbons (Fsp3) is 0.273. The summed E-state index contributed by atoms with van der Waals surface area (Å²) < 4.78 is 2.03. The molecule has 1 aromatic heterocycles. The van der Waals surface area contributed by atoms with Gasteiger partial charge in [-0.3, -0.25) is 4.68 Å². The van der Waals surface area contributed by atoms with Gasteiger partial charge in [0.05, 0.1) is 18.8 Å². The van der Waals surface area contributed by atoms with Gasteiger partial charge in [-0.2, -0.15) is 5.10 Å². The first-order valence-corrected chi connectivity index (χ1v) is 9.08. The van der Waals surface area contributed by atoms with Gasteiger partial charge >= 0.3 is 0 Å². The minimum absolute atomic E-state index is 0.466. The summed E-state index contributed by atoms with van der Waals surface area (Å²) in [6, 6.07) is 14.2. The van der Waals surface area contributed by atoms with Crippen LogP contribution in [-0.4, -0.2) is 9.78 Å². The maximum Gasteiger partial charge on any atom is 0.205 e. The molecule has 3 nitrogen and oxygen atoms in total. The number of nitrogens with zero attached hydrogens (tertiary/aromatic N) is 3. The molecule has 2 aromatic carbocycles. The molecule has 0 spiro atoms. The summed E-state index contributed by atoms with van der Waals surface area (Å²) >= 11 is 6.20. The van der Waals surface area contributed by atoms with Crippen molar-refractivity contribution in [3.63, 3.8) is 0 Å². The van der Waals surface area contributed by atoms with Crippen LogP contribution >= 0.6 is 11.6 Å². The molecule has 0 N–H and O–H groups in total. The monoisotopic (exact) mass is 363 g/mol. The Morgan fingerprint density at radius 1 is 1.12 bits per heavy atom. The molecule has 4 heteroatoms. The molecule has 0 atom stereocenters. The zero-order valence-corrected chi connectivity index (χ0v) is 16.3. The lowest BCUT2D eigenvalue weighted by atomic mass is 10.0. The normalized spacial score (nSPS) is 11.0. The van der Waals surface area contributed by atoms with E-state index in [0.717, 1.165) is 29.1 Å². The standard InChI is InChI=1S/C22H22ClN3/c1-14(2)18-8-6-17(7-9-18)13-26-16(4)15(3)22(25-26)19-10-11-21(24-5)20(23)12-19/h6-12,14H,13H2,1-4H3. The number of hydrogen-bond donors (Lipinski definition) is 0. The number of hydrogen-bond acceptors (Lipinski definition) is 1. The van der Waals surface area contributed by atoms with Crippen LogP contribution in [0.4, 0.5) is 5.69 Å². The number of benzene rings is 2. The summed E-state index contributed by atoms with van der Waals surface area (Å²) in [6.07, 6.45) is 0. The first-order chi connectivity index (χ1) is 12.4. The lowest BCUT2D eigenvalue weighted by Crippen LogP contribution is -2.04. The van der Waals surface area contributed by atoms with Crippen LogP contribution in [0.2, 0.25) is 5.02 Å². The zero-order valence-electron chi connectivity index (χ0n) is 15.5. The quantitative estimate of drug-likeness (QED) is 0.482. The molecule has 26 heavy (non-hydrogen) atoms. The summed E-state index contributed by atoms with van der Waals surface area (Å²) in [7, 11) is 0. The maximum absolute atomic E-state index is 7.13. The average molecular weight is 364 g/mol. The van der Waals surface area contributed by atoms with Crippen molar-refractivity contribution in [2.24, 2.45) is 0 Å². The first-order valence-electron chi connectivity index (χ1n) is 8.71. The van der Waals surface area contributed by atoms with Crippen LogP contribution in [0.3, 0.4) is 0 Å². The molecule has 0 aliphatic heterocycles. The van der Waals surface area contributed by atoms with E-state index in [0.29, 0.717) is 16.6 Å². The molecule has 3 rings (SSSR count). The molecule has 0 fully saturated rings. The summed E-state index contributed by atoms with van der Waals surface area (Å²) in [5.41, 5.74) is 7.17. The fourth-order valence-corrected chi connectivity index (χ4v) is 3.21. The van der Waals surface area contributed by atoms with Crippen molar-refractivity contribution < 1.29 is 0 Å². The third-order valence-corrected chi connectivity index (χ3v) is 5.13. The van der Waals surface area contributed by atoms with Crippen molar-refractivity contribution in [3.8, 4) is 11.3 Å². The van der Waals surface area contributed by atoms with Crippen LogP contribution in [0.15, 0.2) is 42.5 Å². The van der Waals surface area contributed by atoms with Gasteiger partial charge in [0.1, 0.15) is 0 Å². The van der Waals surface area contributed by atoms with E-state index in [1.54, 1.807) is 6.07 Å². The van der Waals surface area contributed by atoms with Crippen LogP contribution in [-0.2, 0) is 6.54 Å². The van der Waals surface area contributed by atoms with E-state index in [2.05, 4.69) is 56.8 Å². The summed E-state index contributed by atoms with van der Waals surface area (Å²) in [5.74, 6) is 0.535. The van der Waals surface area contributed by atoms with Gasteiger partial charge in [0.2, 0.25) is 5.69 Å². The topological polar surface area (TPSA) is 22.2 Å². The van der Waals surface area contributed by atoms with Crippen LogP contribution < -0.4 is 0 Å². The van der Waals surface area contributed by atoms with Gasteiger partial charge in [0.15, 0.2) is 0 Å². The SMILES string of the molecule is [C-]#[N+]c1ccc(-c2nn(Cc3ccc(C(C)C)cc3)c(C)c2C)cc1Cl.